The molecular weight excluding hydrogens is 292 g/mol. The second-order valence-electron chi connectivity index (χ2n) is 6.97. The van der Waals surface area contributed by atoms with Crippen molar-refractivity contribution in [1.82, 2.24) is 0 Å². The summed E-state index contributed by atoms with van der Waals surface area (Å²) in [5, 5.41) is 5.50. The lowest BCUT2D eigenvalue weighted by Crippen LogP contribution is -2.14. The standard InChI is InChI=1S/C23H26O/c1-2-3-6-16-24-23-11-7-10-19-21-13-12-17-8-4-5-9-18(17)20(21)14-15-22(19)23/h4-5,8-9,12-15,23H,2-3,6-7,10-11,16H2,1H3. The van der Waals surface area contributed by atoms with Crippen LogP contribution in [0.1, 0.15) is 56.3 Å². The molecule has 0 fully saturated rings. The molecule has 3 aromatic rings. The van der Waals surface area contributed by atoms with Crippen LogP contribution in [0.5, 0.6) is 0 Å². The monoisotopic (exact) mass is 318 g/mol. The van der Waals surface area contributed by atoms with Gasteiger partial charge in [0.15, 0.2) is 0 Å². The highest BCUT2D eigenvalue weighted by molar-refractivity contribution is 6.08. The van der Waals surface area contributed by atoms with Crippen LogP contribution in [0.3, 0.4) is 0 Å². The van der Waals surface area contributed by atoms with Gasteiger partial charge in [-0.3, -0.25) is 0 Å². The van der Waals surface area contributed by atoms with E-state index in [1.54, 1.807) is 0 Å². The molecule has 0 aliphatic heterocycles. The van der Waals surface area contributed by atoms with Crippen LogP contribution >= 0.6 is 0 Å². The fourth-order valence-electron chi connectivity index (χ4n) is 4.12. The van der Waals surface area contributed by atoms with Gasteiger partial charge in [-0.05, 0) is 58.4 Å². The van der Waals surface area contributed by atoms with Crippen LogP contribution in [-0.4, -0.2) is 6.61 Å². The lowest BCUT2D eigenvalue weighted by molar-refractivity contribution is 0.0386. The first kappa shape index (κ1) is 15.7. The Hall–Kier alpha value is -1.86. The number of unbranched alkanes of at least 4 members (excludes halogenated alkanes) is 2. The number of fused-ring (bicyclic) bond motifs is 5. The third kappa shape index (κ3) is 2.82. The molecule has 1 heteroatoms. The van der Waals surface area contributed by atoms with E-state index in [0.29, 0.717) is 6.10 Å². The summed E-state index contributed by atoms with van der Waals surface area (Å²) in [5.41, 5.74) is 2.95. The fraction of sp³-hybridized carbons (Fsp3) is 0.391. The van der Waals surface area contributed by atoms with Gasteiger partial charge in [0.25, 0.3) is 0 Å². The van der Waals surface area contributed by atoms with E-state index in [-0.39, 0.29) is 0 Å². The van der Waals surface area contributed by atoms with Gasteiger partial charge in [-0.25, -0.2) is 0 Å². The van der Waals surface area contributed by atoms with Crippen LogP contribution in [0, 0.1) is 0 Å². The molecule has 124 valence electrons. The zero-order valence-electron chi connectivity index (χ0n) is 14.6. The van der Waals surface area contributed by atoms with Crippen molar-refractivity contribution in [3.05, 3.63) is 59.7 Å². The minimum atomic E-state index is 0.293. The van der Waals surface area contributed by atoms with E-state index in [0.717, 1.165) is 13.0 Å². The number of benzene rings is 3. The average molecular weight is 318 g/mol. The first-order valence-electron chi connectivity index (χ1n) is 9.43. The van der Waals surface area contributed by atoms with Crippen molar-refractivity contribution in [1.29, 1.82) is 0 Å². The summed E-state index contributed by atoms with van der Waals surface area (Å²) in [6, 6.07) is 17.9. The molecular formula is C23H26O. The molecule has 24 heavy (non-hydrogen) atoms. The van der Waals surface area contributed by atoms with Crippen LogP contribution in [-0.2, 0) is 11.2 Å². The molecule has 0 saturated carbocycles. The van der Waals surface area contributed by atoms with Crippen molar-refractivity contribution >= 4 is 21.5 Å². The number of aryl methyl sites for hydroxylation is 1. The van der Waals surface area contributed by atoms with E-state index in [9.17, 15) is 0 Å². The lowest BCUT2D eigenvalue weighted by Gasteiger charge is -2.27. The molecule has 0 aromatic heterocycles. The molecule has 1 aliphatic carbocycles. The molecule has 1 nitrogen and oxygen atoms in total. The second-order valence-corrected chi connectivity index (χ2v) is 6.97. The maximum absolute atomic E-state index is 6.25. The molecule has 1 aliphatic rings. The highest BCUT2D eigenvalue weighted by Crippen LogP contribution is 2.38. The zero-order valence-corrected chi connectivity index (χ0v) is 14.6. The van der Waals surface area contributed by atoms with Gasteiger partial charge in [0.2, 0.25) is 0 Å². The Morgan fingerprint density at radius 1 is 0.917 bits per heavy atom. The number of ether oxygens (including phenoxy) is 1. The highest BCUT2D eigenvalue weighted by Gasteiger charge is 2.22. The Balaban J connectivity index is 1.72. The van der Waals surface area contributed by atoms with Gasteiger partial charge < -0.3 is 4.74 Å². The molecule has 1 atom stereocenters. The van der Waals surface area contributed by atoms with Gasteiger partial charge in [0.05, 0.1) is 6.10 Å². The topological polar surface area (TPSA) is 9.23 Å². The van der Waals surface area contributed by atoms with E-state index >= 15 is 0 Å². The Labute approximate surface area is 144 Å². The van der Waals surface area contributed by atoms with Crippen LogP contribution in [0.25, 0.3) is 21.5 Å². The first-order chi connectivity index (χ1) is 11.9. The summed E-state index contributed by atoms with van der Waals surface area (Å²) in [6.45, 7) is 3.14. The molecule has 0 N–H and O–H groups in total. The molecule has 0 amide bonds. The summed E-state index contributed by atoms with van der Waals surface area (Å²) >= 11 is 0. The van der Waals surface area contributed by atoms with Gasteiger partial charge in [-0.1, -0.05) is 68.3 Å². The average Bonchev–Trinajstić information content (AvgIpc) is 2.64. The van der Waals surface area contributed by atoms with Crippen molar-refractivity contribution in [2.24, 2.45) is 0 Å². The molecule has 0 bridgehead atoms. The van der Waals surface area contributed by atoms with Gasteiger partial charge in [-0.2, -0.15) is 0 Å². The van der Waals surface area contributed by atoms with Crippen LogP contribution in [0.4, 0.5) is 0 Å². The predicted octanol–water partition coefficient (Wildman–Crippen LogP) is 6.58. The van der Waals surface area contributed by atoms with Crippen molar-refractivity contribution in [3.8, 4) is 0 Å². The Bertz CT molecular complexity index is 849. The maximum atomic E-state index is 6.25. The minimum Gasteiger partial charge on any atom is -0.374 e. The van der Waals surface area contributed by atoms with Gasteiger partial charge in [0, 0.05) is 6.61 Å². The number of rotatable bonds is 5. The molecule has 0 radical (unpaired) electrons. The van der Waals surface area contributed by atoms with Crippen LogP contribution < -0.4 is 0 Å². The van der Waals surface area contributed by atoms with Crippen molar-refractivity contribution in [3.63, 3.8) is 0 Å². The molecule has 0 heterocycles. The van der Waals surface area contributed by atoms with Gasteiger partial charge >= 0.3 is 0 Å². The summed E-state index contributed by atoms with van der Waals surface area (Å²) in [7, 11) is 0. The third-order valence-electron chi connectivity index (χ3n) is 5.38. The Morgan fingerprint density at radius 3 is 2.71 bits per heavy atom. The highest BCUT2D eigenvalue weighted by atomic mass is 16.5. The van der Waals surface area contributed by atoms with Crippen LogP contribution in [0.15, 0.2) is 48.5 Å². The minimum absolute atomic E-state index is 0.293. The van der Waals surface area contributed by atoms with Gasteiger partial charge in [0.1, 0.15) is 0 Å². The quantitative estimate of drug-likeness (QED) is 0.381. The molecule has 0 saturated heterocycles. The predicted molar refractivity (Wildman–Crippen MR) is 103 cm³/mol. The largest absolute Gasteiger partial charge is 0.374 e. The normalized spacial score (nSPS) is 17.3. The summed E-state index contributed by atoms with van der Waals surface area (Å²) in [6.07, 6.45) is 7.57. The maximum Gasteiger partial charge on any atom is 0.0827 e. The summed E-state index contributed by atoms with van der Waals surface area (Å²) < 4.78 is 6.25. The third-order valence-corrected chi connectivity index (χ3v) is 5.38. The van der Waals surface area contributed by atoms with Gasteiger partial charge in [-0.15, -0.1) is 0 Å². The van der Waals surface area contributed by atoms with E-state index in [1.165, 1.54) is 64.8 Å². The summed E-state index contributed by atoms with van der Waals surface area (Å²) in [4.78, 5) is 0. The van der Waals surface area contributed by atoms with E-state index in [2.05, 4.69) is 55.5 Å². The van der Waals surface area contributed by atoms with Crippen molar-refractivity contribution in [2.75, 3.05) is 6.61 Å². The number of hydrogen-bond acceptors (Lipinski definition) is 1. The molecule has 4 rings (SSSR count). The van der Waals surface area contributed by atoms with E-state index in [4.69, 9.17) is 4.74 Å². The molecule has 0 spiro atoms. The Kier molecular flexibility index (Phi) is 4.53. The second kappa shape index (κ2) is 6.94. The summed E-state index contributed by atoms with van der Waals surface area (Å²) in [5.74, 6) is 0. The fourth-order valence-corrected chi connectivity index (χ4v) is 4.12. The smallest absolute Gasteiger partial charge is 0.0827 e. The Morgan fingerprint density at radius 2 is 1.79 bits per heavy atom. The van der Waals surface area contributed by atoms with E-state index in [1.807, 2.05) is 0 Å². The lowest BCUT2D eigenvalue weighted by atomic mass is 9.85. The molecule has 3 aromatic carbocycles. The molecule has 1 unspecified atom stereocenters. The SMILES string of the molecule is CCCCCOC1CCCc2c1ccc1c2ccc2ccccc21. The van der Waals surface area contributed by atoms with Crippen LogP contribution in [0.2, 0.25) is 0 Å². The van der Waals surface area contributed by atoms with E-state index < -0.39 is 0 Å². The zero-order chi connectivity index (χ0) is 16.4. The number of hydrogen-bond donors (Lipinski definition) is 0. The van der Waals surface area contributed by atoms with Crippen molar-refractivity contribution < 1.29 is 4.74 Å². The van der Waals surface area contributed by atoms with Crippen molar-refractivity contribution in [2.45, 2.75) is 51.6 Å². The first-order valence-corrected chi connectivity index (χ1v) is 9.43.